The zero-order valence-electron chi connectivity index (χ0n) is 17.0. The molecule has 2 saturated carbocycles. The van der Waals surface area contributed by atoms with Crippen molar-refractivity contribution < 1.29 is 18.3 Å². The number of hydrogen-bond donors (Lipinski definition) is 0. The summed E-state index contributed by atoms with van der Waals surface area (Å²) in [6, 6.07) is 0. The monoisotopic (exact) mass is 384 g/mol. The number of halogens is 2. The van der Waals surface area contributed by atoms with Gasteiger partial charge in [0.15, 0.2) is 0 Å². The third-order valence-electron chi connectivity index (χ3n) is 7.31. The quantitative estimate of drug-likeness (QED) is 0.452. The van der Waals surface area contributed by atoms with E-state index in [2.05, 4.69) is 6.92 Å². The number of allylic oxidation sites excluding steroid dienone is 1. The number of ether oxygens (including phenoxy) is 2. The van der Waals surface area contributed by atoms with Gasteiger partial charge in [-0.2, -0.15) is 8.78 Å². The summed E-state index contributed by atoms with van der Waals surface area (Å²) in [6.07, 6.45) is 14.4. The second kappa shape index (κ2) is 10.9. The Morgan fingerprint density at radius 1 is 0.889 bits per heavy atom. The molecule has 2 atom stereocenters. The molecule has 0 aromatic carbocycles. The molecule has 0 N–H and O–H groups in total. The molecule has 2 unspecified atom stereocenters. The fourth-order valence-corrected chi connectivity index (χ4v) is 5.59. The lowest BCUT2D eigenvalue weighted by Gasteiger charge is -2.41. The van der Waals surface area contributed by atoms with E-state index in [4.69, 9.17) is 9.47 Å². The van der Waals surface area contributed by atoms with Gasteiger partial charge in [-0.3, -0.25) is 0 Å². The Morgan fingerprint density at radius 2 is 1.52 bits per heavy atom. The normalized spacial score (nSPS) is 37.7. The van der Waals surface area contributed by atoms with Crippen LogP contribution in [0.2, 0.25) is 0 Å². The average Bonchev–Trinajstić information content (AvgIpc) is 2.69. The molecular formula is C23H38F2O2. The maximum atomic E-state index is 12.4. The Kier molecular flexibility index (Phi) is 8.57. The van der Waals surface area contributed by atoms with Crippen LogP contribution in [0.1, 0.15) is 84.0 Å². The minimum absolute atomic E-state index is 0.116. The SMILES string of the molecule is CCCCOC1CCC(C2CCC(C3CCC(C=C(F)F)CC3)CC2)OC1. The summed E-state index contributed by atoms with van der Waals surface area (Å²) < 4.78 is 37.0. The van der Waals surface area contributed by atoms with Crippen molar-refractivity contribution in [1.82, 2.24) is 0 Å². The van der Waals surface area contributed by atoms with Gasteiger partial charge < -0.3 is 9.47 Å². The number of unbranched alkanes of at least 4 members (excludes halogenated alkanes) is 1. The highest BCUT2D eigenvalue weighted by atomic mass is 19.3. The molecule has 27 heavy (non-hydrogen) atoms. The molecule has 3 aliphatic rings. The molecule has 0 amide bonds. The molecule has 4 heteroatoms. The summed E-state index contributed by atoms with van der Waals surface area (Å²) in [5.74, 6) is 2.42. The van der Waals surface area contributed by atoms with E-state index in [0.29, 0.717) is 12.2 Å². The largest absolute Gasteiger partial charge is 0.376 e. The highest BCUT2D eigenvalue weighted by molar-refractivity contribution is 4.92. The van der Waals surface area contributed by atoms with Crippen molar-refractivity contribution in [2.75, 3.05) is 13.2 Å². The molecule has 0 aromatic rings. The molecule has 3 rings (SSSR count). The first-order valence-corrected chi connectivity index (χ1v) is 11.4. The van der Waals surface area contributed by atoms with Gasteiger partial charge >= 0.3 is 0 Å². The molecule has 2 nitrogen and oxygen atoms in total. The molecule has 0 aromatic heterocycles. The molecular weight excluding hydrogens is 346 g/mol. The highest BCUT2D eigenvalue weighted by Gasteiger charge is 2.35. The van der Waals surface area contributed by atoms with Gasteiger partial charge in [-0.25, -0.2) is 0 Å². The lowest BCUT2D eigenvalue weighted by molar-refractivity contribution is -0.109. The topological polar surface area (TPSA) is 18.5 Å². The Morgan fingerprint density at radius 3 is 2.07 bits per heavy atom. The lowest BCUT2D eigenvalue weighted by Crippen LogP contribution is -2.38. The van der Waals surface area contributed by atoms with Gasteiger partial charge in [0.05, 0.1) is 18.8 Å². The minimum Gasteiger partial charge on any atom is -0.376 e. The van der Waals surface area contributed by atoms with Gasteiger partial charge in [-0.15, -0.1) is 0 Å². The predicted octanol–water partition coefficient (Wildman–Crippen LogP) is 6.74. The summed E-state index contributed by atoms with van der Waals surface area (Å²) in [4.78, 5) is 0. The van der Waals surface area contributed by atoms with Crippen molar-refractivity contribution in [2.24, 2.45) is 23.7 Å². The first-order valence-electron chi connectivity index (χ1n) is 11.4. The lowest BCUT2D eigenvalue weighted by atomic mass is 9.68. The van der Waals surface area contributed by atoms with Crippen LogP contribution in [0.4, 0.5) is 8.78 Å². The van der Waals surface area contributed by atoms with Crippen LogP contribution in [0.5, 0.6) is 0 Å². The fourth-order valence-electron chi connectivity index (χ4n) is 5.59. The van der Waals surface area contributed by atoms with Crippen LogP contribution in [0, 0.1) is 23.7 Å². The molecule has 1 aliphatic heterocycles. The highest BCUT2D eigenvalue weighted by Crippen LogP contribution is 2.43. The van der Waals surface area contributed by atoms with Gasteiger partial charge in [0, 0.05) is 6.61 Å². The Bertz CT molecular complexity index is 439. The van der Waals surface area contributed by atoms with Crippen molar-refractivity contribution in [3.63, 3.8) is 0 Å². The average molecular weight is 385 g/mol. The van der Waals surface area contributed by atoms with E-state index in [9.17, 15) is 8.78 Å². The van der Waals surface area contributed by atoms with Crippen molar-refractivity contribution in [1.29, 1.82) is 0 Å². The summed E-state index contributed by atoms with van der Waals surface area (Å²) in [6.45, 7) is 3.84. The van der Waals surface area contributed by atoms with Gasteiger partial charge in [-0.05, 0) is 100 Å². The zero-order chi connectivity index (χ0) is 19.1. The van der Waals surface area contributed by atoms with Crippen LogP contribution < -0.4 is 0 Å². The van der Waals surface area contributed by atoms with Gasteiger partial charge in [0.2, 0.25) is 0 Å². The standard InChI is InChI=1S/C23H38F2O2/c1-2-3-14-26-21-12-13-22(27-16-21)20-10-8-19(9-11-20)18-6-4-17(5-7-18)15-23(24)25/h15,17-22H,2-14,16H2,1H3. The van der Waals surface area contributed by atoms with Gasteiger partial charge in [0.1, 0.15) is 0 Å². The molecule has 0 bridgehead atoms. The molecule has 1 heterocycles. The minimum atomic E-state index is -1.50. The van der Waals surface area contributed by atoms with E-state index in [1.54, 1.807) is 0 Å². The molecule has 3 fully saturated rings. The van der Waals surface area contributed by atoms with E-state index in [1.165, 1.54) is 38.2 Å². The molecule has 1 saturated heterocycles. The maximum absolute atomic E-state index is 12.4. The summed E-state index contributed by atoms with van der Waals surface area (Å²) in [7, 11) is 0. The molecule has 156 valence electrons. The first-order chi connectivity index (χ1) is 13.2. The zero-order valence-corrected chi connectivity index (χ0v) is 17.0. The van der Waals surface area contributed by atoms with E-state index in [1.807, 2.05) is 0 Å². The van der Waals surface area contributed by atoms with Crippen LogP contribution in [0.25, 0.3) is 0 Å². The molecule has 0 spiro atoms. The van der Waals surface area contributed by atoms with E-state index < -0.39 is 6.08 Å². The summed E-state index contributed by atoms with van der Waals surface area (Å²) >= 11 is 0. The predicted molar refractivity (Wildman–Crippen MR) is 105 cm³/mol. The van der Waals surface area contributed by atoms with Crippen LogP contribution in [0.3, 0.4) is 0 Å². The molecule has 0 radical (unpaired) electrons. The van der Waals surface area contributed by atoms with E-state index in [0.717, 1.165) is 75.9 Å². The smallest absolute Gasteiger partial charge is 0.266 e. The van der Waals surface area contributed by atoms with Crippen LogP contribution in [-0.2, 0) is 9.47 Å². The van der Waals surface area contributed by atoms with Gasteiger partial charge in [0.25, 0.3) is 6.08 Å². The van der Waals surface area contributed by atoms with Gasteiger partial charge in [-0.1, -0.05) is 13.3 Å². The van der Waals surface area contributed by atoms with Crippen molar-refractivity contribution in [3.8, 4) is 0 Å². The summed E-state index contributed by atoms with van der Waals surface area (Å²) in [5.41, 5.74) is 0. The maximum Gasteiger partial charge on any atom is 0.266 e. The second-order valence-corrected chi connectivity index (χ2v) is 9.10. The van der Waals surface area contributed by atoms with Crippen molar-refractivity contribution >= 4 is 0 Å². The van der Waals surface area contributed by atoms with Crippen molar-refractivity contribution in [2.45, 2.75) is 96.2 Å². The Labute approximate surface area is 164 Å². The van der Waals surface area contributed by atoms with E-state index in [-0.39, 0.29) is 5.92 Å². The number of hydrogen-bond acceptors (Lipinski definition) is 2. The Hall–Kier alpha value is -0.480. The first kappa shape index (κ1) is 21.2. The molecule has 2 aliphatic carbocycles. The number of rotatable bonds is 7. The fraction of sp³-hybridized carbons (Fsp3) is 0.913. The second-order valence-electron chi connectivity index (χ2n) is 9.10. The van der Waals surface area contributed by atoms with Crippen molar-refractivity contribution in [3.05, 3.63) is 12.2 Å². The third-order valence-corrected chi connectivity index (χ3v) is 7.31. The van der Waals surface area contributed by atoms with Crippen LogP contribution in [-0.4, -0.2) is 25.4 Å². The van der Waals surface area contributed by atoms with Crippen LogP contribution in [0.15, 0.2) is 12.2 Å². The van der Waals surface area contributed by atoms with Crippen LogP contribution >= 0.6 is 0 Å². The van der Waals surface area contributed by atoms with E-state index >= 15 is 0 Å². The Balaban J connectivity index is 1.33. The third kappa shape index (κ3) is 6.52. The summed E-state index contributed by atoms with van der Waals surface area (Å²) in [5, 5.41) is 0.